The van der Waals surface area contributed by atoms with Gasteiger partial charge in [-0.2, -0.15) is 0 Å². The molecule has 98 valence electrons. The highest BCUT2D eigenvalue weighted by Crippen LogP contribution is 2.20. The van der Waals surface area contributed by atoms with Gasteiger partial charge in [-0.1, -0.05) is 13.0 Å². The quantitative estimate of drug-likeness (QED) is 0.654. The van der Waals surface area contributed by atoms with Gasteiger partial charge in [0.15, 0.2) is 0 Å². The number of hydrogen-bond donors (Lipinski definition) is 1. The predicted molar refractivity (Wildman–Crippen MR) is 67.4 cm³/mol. The molecule has 0 bridgehead atoms. The standard InChI is InChI=1S/C13H17NO4/c1-4-8(2)18-13(16)11-9(12(15)17-3)6-5-7-10(11)14/h5-8H,4,14H2,1-3H3. The number of rotatable bonds is 4. The lowest BCUT2D eigenvalue weighted by molar-refractivity contribution is 0.0327. The number of esters is 2. The van der Waals surface area contributed by atoms with Crippen LogP contribution in [0.4, 0.5) is 5.69 Å². The summed E-state index contributed by atoms with van der Waals surface area (Å²) in [5.41, 5.74) is 6.10. The first kappa shape index (κ1) is 14.0. The average molecular weight is 251 g/mol. The molecule has 1 aromatic carbocycles. The Bertz CT molecular complexity index is 456. The summed E-state index contributed by atoms with van der Waals surface area (Å²) in [6, 6.07) is 4.61. The lowest BCUT2D eigenvalue weighted by Gasteiger charge is -2.14. The number of nitrogens with two attached hydrogens (primary N) is 1. The molecule has 1 rings (SSSR count). The second-order valence-corrected chi connectivity index (χ2v) is 3.89. The lowest BCUT2D eigenvalue weighted by atomic mass is 10.1. The normalized spacial score (nSPS) is 11.7. The van der Waals surface area contributed by atoms with Crippen molar-refractivity contribution in [1.29, 1.82) is 0 Å². The van der Waals surface area contributed by atoms with E-state index in [1.165, 1.54) is 13.2 Å². The van der Waals surface area contributed by atoms with E-state index >= 15 is 0 Å². The highest BCUT2D eigenvalue weighted by Gasteiger charge is 2.22. The van der Waals surface area contributed by atoms with Crippen molar-refractivity contribution in [3.63, 3.8) is 0 Å². The average Bonchev–Trinajstić information content (AvgIpc) is 2.36. The summed E-state index contributed by atoms with van der Waals surface area (Å²) < 4.78 is 9.79. The minimum atomic E-state index is -0.613. The number of nitrogen functional groups attached to an aromatic ring is 1. The molecule has 0 spiro atoms. The van der Waals surface area contributed by atoms with Crippen molar-refractivity contribution in [1.82, 2.24) is 0 Å². The zero-order valence-electron chi connectivity index (χ0n) is 10.7. The van der Waals surface area contributed by atoms with Gasteiger partial charge in [-0.25, -0.2) is 9.59 Å². The molecule has 0 fully saturated rings. The van der Waals surface area contributed by atoms with Gasteiger partial charge >= 0.3 is 11.9 Å². The number of methoxy groups -OCH3 is 1. The van der Waals surface area contributed by atoms with Gasteiger partial charge in [-0.15, -0.1) is 0 Å². The van der Waals surface area contributed by atoms with Crippen molar-refractivity contribution in [2.45, 2.75) is 26.4 Å². The van der Waals surface area contributed by atoms with Crippen LogP contribution in [0.5, 0.6) is 0 Å². The Hall–Kier alpha value is -2.04. The summed E-state index contributed by atoms with van der Waals surface area (Å²) in [6.07, 6.45) is 0.453. The van der Waals surface area contributed by atoms with E-state index in [-0.39, 0.29) is 22.9 Å². The van der Waals surface area contributed by atoms with Crippen LogP contribution in [-0.2, 0) is 9.47 Å². The fraction of sp³-hybridized carbons (Fsp3) is 0.385. The monoisotopic (exact) mass is 251 g/mol. The second kappa shape index (κ2) is 6.05. The molecule has 0 heterocycles. The Morgan fingerprint density at radius 3 is 2.56 bits per heavy atom. The molecule has 0 aliphatic heterocycles. The molecular formula is C13H17NO4. The molecule has 0 amide bonds. The SMILES string of the molecule is CCC(C)OC(=O)c1c(N)cccc1C(=O)OC. The van der Waals surface area contributed by atoms with Crippen LogP contribution in [-0.4, -0.2) is 25.2 Å². The van der Waals surface area contributed by atoms with E-state index in [0.29, 0.717) is 6.42 Å². The maximum absolute atomic E-state index is 12.0. The Balaban J connectivity index is 3.13. The van der Waals surface area contributed by atoms with Crippen molar-refractivity contribution in [2.24, 2.45) is 0 Å². The zero-order chi connectivity index (χ0) is 13.7. The van der Waals surface area contributed by atoms with Crippen LogP contribution in [0.1, 0.15) is 41.0 Å². The van der Waals surface area contributed by atoms with E-state index in [9.17, 15) is 9.59 Å². The molecule has 0 saturated heterocycles. The topological polar surface area (TPSA) is 78.6 Å². The van der Waals surface area contributed by atoms with Gasteiger partial charge in [0.2, 0.25) is 0 Å². The Morgan fingerprint density at radius 2 is 2.00 bits per heavy atom. The summed E-state index contributed by atoms with van der Waals surface area (Å²) in [5.74, 6) is -1.22. The number of benzene rings is 1. The summed E-state index contributed by atoms with van der Waals surface area (Å²) >= 11 is 0. The summed E-state index contributed by atoms with van der Waals surface area (Å²) in [5, 5.41) is 0. The highest BCUT2D eigenvalue weighted by atomic mass is 16.5. The molecule has 0 saturated carbocycles. The van der Waals surface area contributed by atoms with Crippen molar-refractivity contribution >= 4 is 17.6 Å². The molecule has 0 aliphatic rings. The van der Waals surface area contributed by atoms with E-state index in [0.717, 1.165) is 0 Å². The van der Waals surface area contributed by atoms with Crippen molar-refractivity contribution in [2.75, 3.05) is 12.8 Å². The fourth-order valence-corrected chi connectivity index (χ4v) is 1.40. The Labute approximate surface area is 106 Å². The van der Waals surface area contributed by atoms with Gasteiger partial charge in [0.25, 0.3) is 0 Å². The molecular weight excluding hydrogens is 234 g/mol. The van der Waals surface area contributed by atoms with Crippen LogP contribution in [0.15, 0.2) is 18.2 Å². The van der Waals surface area contributed by atoms with Crippen LogP contribution in [0.25, 0.3) is 0 Å². The van der Waals surface area contributed by atoms with Crippen molar-refractivity contribution in [3.8, 4) is 0 Å². The van der Waals surface area contributed by atoms with Gasteiger partial charge < -0.3 is 15.2 Å². The first-order valence-electron chi connectivity index (χ1n) is 5.69. The molecule has 0 radical (unpaired) electrons. The molecule has 5 heteroatoms. The summed E-state index contributed by atoms with van der Waals surface area (Å²) in [7, 11) is 1.25. The van der Waals surface area contributed by atoms with Gasteiger partial charge in [-0.05, 0) is 25.5 Å². The van der Waals surface area contributed by atoms with E-state index in [1.54, 1.807) is 19.1 Å². The number of carbonyl (C=O) groups excluding carboxylic acids is 2. The second-order valence-electron chi connectivity index (χ2n) is 3.89. The molecule has 0 aliphatic carbocycles. The van der Waals surface area contributed by atoms with Crippen LogP contribution in [0.3, 0.4) is 0 Å². The van der Waals surface area contributed by atoms with Gasteiger partial charge in [0.05, 0.1) is 24.3 Å². The first-order valence-corrected chi connectivity index (χ1v) is 5.69. The molecule has 1 atom stereocenters. The third-order valence-electron chi connectivity index (χ3n) is 2.59. The van der Waals surface area contributed by atoms with E-state index in [1.807, 2.05) is 6.92 Å². The van der Waals surface area contributed by atoms with Crippen LogP contribution < -0.4 is 5.73 Å². The number of ether oxygens (including phenoxy) is 2. The third-order valence-corrected chi connectivity index (χ3v) is 2.59. The van der Waals surface area contributed by atoms with Gasteiger partial charge in [0.1, 0.15) is 0 Å². The smallest absolute Gasteiger partial charge is 0.341 e. The molecule has 2 N–H and O–H groups in total. The van der Waals surface area contributed by atoms with Crippen molar-refractivity contribution < 1.29 is 19.1 Å². The van der Waals surface area contributed by atoms with Crippen LogP contribution in [0, 0.1) is 0 Å². The van der Waals surface area contributed by atoms with E-state index in [2.05, 4.69) is 4.74 Å². The van der Waals surface area contributed by atoms with Crippen molar-refractivity contribution in [3.05, 3.63) is 29.3 Å². The third kappa shape index (κ3) is 3.00. The van der Waals surface area contributed by atoms with Crippen LogP contribution in [0.2, 0.25) is 0 Å². The fourth-order valence-electron chi connectivity index (χ4n) is 1.40. The maximum atomic E-state index is 12.0. The molecule has 1 aromatic rings. The predicted octanol–water partition coefficient (Wildman–Crippen LogP) is 2.01. The minimum absolute atomic E-state index is 0.0599. The van der Waals surface area contributed by atoms with Gasteiger partial charge in [0, 0.05) is 5.69 Å². The zero-order valence-corrected chi connectivity index (χ0v) is 10.7. The Kier molecular flexibility index (Phi) is 4.71. The minimum Gasteiger partial charge on any atom is -0.465 e. The van der Waals surface area contributed by atoms with Gasteiger partial charge in [-0.3, -0.25) is 0 Å². The molecule has 18 heavy (non-hydrogen) atoms. The molecule has 1 unspecified atom stereocenters. The first-order chi connectivity index (χ1) is 8.51. The Morgan fingerprint density at radius 1 is 1.33 bits per heavy atom. The lowest BCUT2D eigenvalue weighted by Crippen LogP contribution is -2.19. The number of anilines is 1. The van der Waals surface area contributed by atoms with E-state index < -0.39 is 11.9 Å². The summed E-state index contributed by atoms with van der Waals surface area (Å²) in [6.45, 7) is 3.67. The van der Waals surface area contributed by atoms with Crippen LogP contribution >= 0.6 is 0 Å². The number of carbonyl (C=O) groups is 2. The largest absolute Gasteiger partial charge is 0.465 e. The van der Waals surface area contributed by atoms with E-state index in [4.69, 9.17) is 10.5 Å². The highest BCUT2D eigenvalue weighted by molar-refractivity contribution is 6.06. The molecule has 0 aromatic heterocycles. The summed E-state index contributed by atoms with van der Waals surface area (Å²) in [4.78, 5) is 23.5. The molecule has 5 nitrogen and oxygen atoms in total. The number of hydrogen-bond acceptors (Lipinski definition) is 5. The maximum Gasteiger partial charge on any atom is 0.341 e.